The van der Waals surface area contributed by atoms with E-state index >= 15 is 0 Å². The third kappa shape index (κ3) is 7.61. The van der Waals surface area contributed by atoms with Gasteiger partial charge in [0.2, 0.25) is 5.95 Å². The smallest absolute Gasteiger partial charge is 0.391 e. The molecule has 3 atom stereocenters. The minimum Gasteiger partial charge on any atom is -0.391 e. The van der Waals surface area contributed by atoms with Crippen LogP contribution in [0.1, 0.15) is 19.4 Å². The number of nitrogens with zero attached hydrogens (tertiary/aromatic N) is 2. The van der Waals surface area contributed by atoms with Crippen molar-refractivity contribution in [1.82, 2.24) is 14.7 Å². The molecule has 1 aromatic carbocycles. The summed E-state index contributed by atoms with van der Waals surface area (Å²) >= 11 is 0. The summed E-state index contributed by atoms with van der Waals surface area (Å²) in [6.07, 6.45) is -3.67. The van der Waals surface area contributed by atoms with Gasteiger partial charge in [-0.3, -0.25) is 4.72 Å². The average molecular weight is 460 g/mol. The maximum Gasteiger partial charge on any atom is 0.421 e. The van der Waals surface area contributed by atoms with Crippen LogP contribution in [0.15, 0.2) is 30.5 Å². The molecule has 1 aromatic heterocycles. The fourth-order valence-electron chi connectivity index (χ4n) is 2.21. The Labute approximate surface area is 177 Å². The second-order valence-corrected chi connectivity index (χ2v) is 9.10. The molecule has 0 aliphatic carbocycles. The first kappa shape index (κ1) is 24.2. The van der Waals surface area contributed by atoms with E-state index in [4.69, 9.17) is 0 Å². The quantitative estimate of drug-likeness (QED) is 0.402. The highest BCUT2D eigenvalue weighted by Gasteiger charge is 2.35. The van der Waals surface area contributed by atoms with Gasteiger partial charge in [0.15, 0.2) is 0 Å². The second-order valence-electron chi connectivity index (χ2n) is 6.89. The van der Waals surface area contributed by atoms with E-state index in [1.54, 1.807) is 0 Å². The molecular weight excluding hydrogens is 437 g/mol. The van der Waals surface area contributed by atoms with E-state index in [2.05, 4.69) is 36.5 Å². The van der Waals surface area contributed by atoms with Gasteiger partial charge in [0, 0.05) is 33.5 Å². The minimum absolute atomic E-state index is 0.102. The highest BCUT2D eigenvalue weighted by Crippen LogP contribution is 2.34. The van der Waals surface area contributed by atoms with Crippen molar-refractivity contribution >= 4 is 44.8 Å². The zero-order valence-electron chi connectivity index (χ0n) is 16.9. The standard InChI is InChI=1S/C18H23F3N6O3S/c1-10(11(2)28)23-15-14(18(19,20)21)9-22-16(26-15)24-12-5-7-13(8-6-12)25-17(29)27-31(3,4)30/h5-11,28H,3H2,1-2,4H3,(H2,22,23,24,26)(H2,25,27,29,30)/t10-,11-,31?/m1/s1. The van der Waals surface area contributed by atoms with E-state index in [0.29, 0.717) is 17.6 Å². The number of benzene rings is 1. The molecule has 0 saturated heterocycles. The molecule has 31 heavy (non-hydrogen) atoms. The second kappa shape index (κ2) is 9.39. The lowest BCUT2D eigenvalue weighted by atomic mass is 10.2. The molecule has 0 aliphatic rings. The van der Waals surface area contributed by atoms with Gasteiger partial charge in [-0.05, 0) is 44.0 Å². The van der Waals surface area contributed by atoms with Crippen molar-refractivity contribution in [3.8, 4) is 0 Å². The van der Waals surface area contributed by atoms with Gasteiger partial charge in [0.1, 0.15) is 11.4 Å². The number of halogens is 3. The first-order valence-electron chi connectivity index (χ1n) is 8.91. The van der Waals surface area contributed by atoms with Crippen LogP contribution in [-0.2, 0) is 15.9 Å². The number of carbonyl (C=O) groups is 1. The number of hydrogen-bond donors (Lipinski definition) is 5. The van der Waals surface area contributed by atoms with Crippen molar-refractivity contribution in [1.29, 1.82) is 0 Å². The van der Waals surface area contributed by atoms with E-state index in [1.807, 2.05) is 0 Å². The fourth-order valence-corrected chi connectivity index (χ4v) is 2.66. The molecule has 2 aromatic rings. The number of carbonyl (C=O) groups excluding carboxylic acids is 1. The van der Waals surface area contributed by atoms with Gasteiger partial charge in [0.05, 0.1) is 12.1 Å². The number of aliphatic hydroxyl groups excluding tert-OH is 1. The first-order valence-corrected chi connectivity index (χ1v) is 11.0. The molecule has 13 heteroatoms. The summed E-state index contributed by atoms with van der Waals surface area (Å²) in [5, 5.41) is 17.4. The summed E-state index contributed by atoms with van der Waals surface area (Å²) in [6, 6.07) is 4.72. The molecule has 0 bridgehead atoms. The Hall–Kier alpha value is -3.06. The maximum atomic E-state index is 13.2. The summed E-state index contributed by atoms with van der Waals surface area (Å²) in [7, 11) is -2.72. The lowest BCUT2D eigenvalue weighted by Crippen LogP contribution is -2.33. The van der Waals surface area contributed by atoms with E-state index in [9.17, 15) is 27.3 Å². The molecule has 1 heterocycles. The molecule has 0 saturated carbocycles. The summed E-state index contributed by atoms with van der Waals surface area (Å²) in [5.74, 6) is 2.74. The Bertz CT molecular complexity index is 1030. The number of amides is 2. The van der Waals surface area contributed by atoms with Crippen LogP contribution in [0.3, 0.4) is 0 Å². The number of aliphatic hydroxyl groups is 1. The van der Waals surface area contributed by atoms with Crippen molar-refractivity contribution in [2.24, 2.45) is 0 Å². The van der Waals surface area contributed by atoms with E-state index in [-0.39, 0.29) is 5.95 Å². The van der Waals surface area contributed by atoms with Gasteiger partial charge in [-0.2, -0.15) is 18.2 Å². The number of nitrogens with one attached hydrogen (secondary N) is 4. The normalized spacial score (nSPS) is 15.3. The van der Waals surface area contributed by atoms with Crippen molar-refractivity contribution in [2.75, 3.05) is 22.2 Å². The van der Waals surface area contributed by atoms with Crippen LogP contribution >= 0.6 is 0 Å². The van der Waals surface area contributed by atoms with Gasteiger partial charge in [-0.15, -0.1) is 0 Å². The molecule has 2 rings (SSSR count). The van der Waals surface area contributed by atoms with Gasteiger partial charge in [-0.1, -0.05) is 0 Å². The van der Waals surface area contributed by atoms with Crippen LogP contribution in [0.2, 0.25) is 0 Å². The number of anilines is 4. The largest absolute Gasteiger partial charge is 0.421 e. The number of aromatic nitrogens is 2. The number of rotatable bonds is 7. The zero-order valence-corrected chi connectivity index (χ0v) is 17.8. The number of alkyl halides is 3. The van der Waals surface area contributed by atoms with Crippen molar-refractivity contribution in [2.45, 2.75) is 32.2 Å². The summed E-state index contributed by atoms with van der Waals surface area (Å²) in [4.78, 5) is 19.3. The summed E-state index contributed by atoms with van der Waals surface area (Å²) in [6.45, 7) is 2.96. The molecule has 2 amide bonds. The van der Waals surface area contributed by atoms with Crippen molar-refractivity contribution in [3.63, 3.8) is 0 Å². The average Bonchev–Trinajstić information content (AvgIpc) is 2.61. The van der Waals surface area contributed by atoms with Gasteiger partial charge in [0.25, 0.3) is 0 Å². The Morgan fingerprint density at radius 2 is 1.77 bits per heavy atom. The van der Waals surface area contributed by atoms with E-state index in [0.717, 1.165) is 0 Å². The maximum absolute atomic E-state index is 13.2. The molecule has 0 radical (unpaired) electrons. The Morgan fingerprint density at radius 1 is 1.19 bits per heavy atom. The molecule has 5 N–H and O–H groups in total. The third-order valence-electron chi connectivity index (χ3n) is 3.89. The molecule has 0 spiro atoms. The van der Waals surface area contributed by atoms with Crippen LogP contribution in [0, 0.1) is 0 Å². The predicted molar refractivity (Wildman–Crippen MR) is 115 cm³/mol. The molecule has 1 unspecified atom stereocenters. The summed E-state index contributed by atoms with van der Waals surface area (Å²) in [5.41, 5.74) is -0.237. The highest BCUT2D eigenvalue weighted by molar-refractivity contribution is 7.98. The van der Waals surface area contributed by atoms with E-state index in [1.165, 1.54) is 44.4 Å². The van der Waals surface area contributed by atoms with Crippen LogP contribution in [0.25, 0.3) is 0 Å². The van der Waals surface area contributed by atoms with Crippen LogP contribution in [0.5, 0.6) is 0 Å². The SMILES string of the molecule is C=S(C)(=O)NC(=O)Nc1ccc(Nc2ncc(C(F)(F)F)c(N[C@H](C)[C@@H](C)O)n2)cc1. The van der Waals surface area contributed by atoms with Crippen LogP contribution < -0.4 is 20.7 Å². The minimum atomic E-state index is -4.68. The lowest BCUT2D eigenvalue weighted by Gasteiger charge is -2.20. The number of hydrogen-bond acceptors (Lipinski definition) is 7. The van der Waals surface area contributed by atoms with E-state index < -0.39 is 45.4 Å². The molecule has 170 valence electrons. The Kier molecular flexibility index (Phi) is 7.33. The van der Waals surface area contributed by atoms with Crippen molar-refractivity contribution < 1.29 is 27.3 Å². The lowest BCUT2D eigenvalue weighted by molar-refractivity contribution is -0.137. The van der Waals surface area contributed by atoms with Gasteiger partial charge < -0.3 is 21.1 Å². The summed E-state index contributed by atoms with van der Waals surface area (Å²) < 4.78 is 53.4. The van der Waals surface area contributed by atoms with Gasteiger partial charge >= 0.3 is 12.2 Å². The fraction of sp³-hybridized carbons (Fsp3) is 0.333. The van der Waals surface area contributed by atoms with Gasteiger partial charge in [-0.25, -0.2) is 14.0 Å². The Morgan fingerprint density at radius 3 is 2.29 bits per heavy atom. The third-order valence-corrected chi connectivity index (χ3v) is 4.51. The monoisotopic (exact) mass is 460 g/mol. The molecule has 0 aliphatic heterocycles. The predicted octanol–water partition coefficient (Wildman–Crippen LogP) is 2.80. The highest BCUT2D eigenvalue weighted by atomic mass is 32.2. The molecular formula is C18H23F3N6O3S. The van der Waals surface area contributed by atoms with Crippen LogP contribution in [-0.4, -0.2) is 49.6 Å². The molecule has 9 nitrogen and oxygen atoms in total. The first-order chi connectivity index (χ1) is 14.2. The topological polar surface area (TPSA) is 128 Å². The van der Waals surface area contributed by atoms with Crippen molar-refractivity contribution in [3.05, 3.63) is 36.0 Å². The Balaban J connectivity index is 2.17. The zero-order chi connectivity index (χ0) is 23.4. The molecule has 0 fully saturated rings. The number of urea groups is 1. The van der Waals surface area contributed by atoms with Crippen LogP contribution in [0.4, 0.5) is 41.1 Å².